The van der Waals surface area contributed by atoms with E-state index in [4.69, 9.17) is 9.47 Å². The lowest BCUT2D eigenvalue weighted by Gasteiger charge is -2.16. The molecule has 0 radical (unpaired) electrons. The van der Waals surface area contributed by atoms with Crippen LogP contribution in [-0.4, -0.2) is 37.0 Å². The molecular weight excluding hydrogens is 496 g/mol. The SMILES string of the molecule is CCCCC/C=C\C/C=C\CCCCCCCCCCCCOCC(CO)OC(=O)CCCCCCCCCC. The Balaban J connectivity index is 3.39. The largest absolute Gasteiger partial charge is 0.457 e. The summed E-state index contributed by atoms with van der Waals surface area (Å²) in [7, 11) is 0. The van der Waals surface area contributed by atoms with Gasteiger partial charge in [0.25, 0.3) is 0 Å². The van der Waals surface area contributed by atoms with Crippen molar-refractivity contribution in [2.75, 3.05) is 19.8 Å². The molecule has 0 aromatic heterocycles. The molecule has 0 spiro atoms. The fourth-order valence-corrected chi connectivity index (χ4v) is 4.89. The molecule has 0 aliphatic heterocycles. The first-order valence-electron chi connectivity index (χ1n) is 17.4. The monoisotopic (exact) mass is 565 g/mol. The maximum Gasteiger partial charge on any atom is 0.306 e. The van der Waals surface area contributed by atoms with Crippen LogP contribution in [0, 0.1) is 0 Å². The van der Waals surface area contributed by atoms with Crippen molar-refractivity contribution < 1.29 is 19.4 Å². The number of hydrogen-bond acceptors (Lipinski definition) is 4. The Kier molecular flexibility index (Phi) is 33.1. The highest BCUT2D eigenvalue weighted by atomic mass is 16.6. The average Bonchev–Trinajstić information content (AvgIpc) is 2.96. The van der Waals surface area contributed by atoms with E-state index in [1.807, 2.05) is 0 Å². The molecule has 0 rings (SSSR count). The van der Waals surface area contributed by atoms with Gasteiger partial charge in [-0.15, -0.1) is 0 Å². The standard InChI is InChI=1S/C36H68O4/c1-3-5-7-9-11-13-14-15-16-17-18-19-20-21-22-23-24-26-28-30-32-39-34-35(33-37)40-36(38)31-29-27-25-12-10-8-6-4-2/h11,13,15-16,35,37H,3-10,12,14,17-34H2,1-2H3/b13-11-,16-15-. The molecule has 1 atom stereocenters. The molecule has 1 N–H and O–H groups in total. The second-order valence-electron chi connectivity index (χ2n) is 11.6. The highest BCUT2D eigenvalue weighted by Crippen LogP contribution is 2.13. The summed E-state index contributed by atoms with van der Waals surface area (Å²) >= 11 is 0. The summed E-state index contributed by atoms with van der Waals surface area (Å²) in [5, 5.41) is 9.50. The Labute approximate surface area is 249 Å². The summed E-state index contributed by atoms with van der Waals surface area (Å²) in [5.74, 6) is -0.207. The maximum absolute atomic E-state index is 12.0. The molecule has 4 heteroatoms. The molecule has 0 saturated carbocycles. The molecule has 0 fully saturated rings. The van der Waals surface area contributed by atoms with Crippen molar-refractivity contribution in [3.8, 4) is 0 Å². The second-order valence-corrected chi connectivity index (χ2v) is 11.6. The number of aliphatic hydroxyl groups is 1. The number of carbonyl (C=O) groups is 1. The Morgan fingerprint density at radius 1 is 0.600 bits per heavy atom. The van der Waals surface area contributed by atoms with Crippen molar-refractivity contribution in [1.82, 2.24) is 0 Å². The highest BCUT2D eigenvalue weighted by molar-refractivity contribution is 5.69. The van der Waals surface area contributed by atoms with Gasteiger partial charge in [0.15, 0.2) is 0 Å². The normalized spacial score (nSPS) is 12.6. The quantitative estimate of drug-likeness (QED) is 0.0501. The van der Waals surface area contributed by atoms with Crippen LogP contribution >= 0.6 is 0 Å². The molecule has 0 aromatic rings. The molecule has 0 amide bonds. The lowest BCUT2D eigenvalue weighted by Crippen LogP contribution is -2.27. The van der Waals surface area contributed by atoms with E-state index in [-0.39, 0.29) is 12.6 Å². The van der Waals surface area contributed by atoms with Gasteiger partial charge in [-0.25, -0.2) is 0 Å². The minimum atomic E-state index is -0.528. The van der Waals surface area contributed by atoms with Crippen LogP contribution in [0.2, 0.25) is 0 Å². The lowest BCUT2D eigenvalue weighted by molar-refractivity contribution is -0.154. The smallest absolute Gasteiger partial charge is 0.306 e. The molecule has 236 valence electrons. The van der Waals surface area contributed by atoms with Gasteiger partial charge in [0.1, 0.15) is 6.10 Å². The lowest BCUT2D eigenvalue weighted by atomic mass is 10.1. The van der Waals surface area contributed by atoms with E-state index in [1.54, 1.807) is 0 Å². The molecule has 0 aliphatic carbocycles. The van der Waals surface area contributed by atoms with E-state index in [9.17, 15) is 9.90 Å². The summed E-state index contributed by atoms with van der Waals surface area (Å²) < 4.78 is 11.1. The predicted octanol–water partition coefficient (Wildman–Crippen LogP) is 10.8. The molecule has 1 unspecified atom stereocenters. The van der Waals surface area contributed by atoms with Crippen molar-refractivity contribution in [3.05, 3.63) is 24.3 Å². The van der Waals surface area contributed by atoms with Crippen LogP contribution in [0.15, 0.2) is 24.3 Å². The summed E-state index contributed by atoms with van der Waals surface area (Å²) in [6, 6.07) is 0. The van der Waals surface area contributed by atoms with Crippen molar-refractivity contribution in [2.45, 2.75) is 180 Å². The fourth-order valence-electron chi connectivity index (χ4n) is 4.89. The number of esters is 1. The summed E-state index contributed by atoms with van der Waals surface area (Å²) in [4.78, 5) is 12.0. The van der Waals surface area contributed by atoms with Crippen LogP contribution in [0.1, 0.15) is 174 Å². The second kappa shape index (κ2) is 34.1. The fraction of sp³-hybridized carbons (Fsp3) is 0.861. The van der Waals surface area contributed by atoms with Gasteiger partial charge in [-0.2, -0.15) is 0 Å². The molecule has 0 heterocycles. The van der Waals surface area contributed by atoms with Crippen molar-refractivity contribution in [2.24, 2.45) is 0 Å². The van der Waals surface area contributed by atoms with Crippen LogP contribution in [0.4, 0.5) is 0 Å². The van der Waals surface area contributed by atoms with Gasteiger partial charge < -0.3 is 14.6 Å². The summed E-state index contributed by atoms with van der Waals surface area (Å²) in [5.41, 5.74) is 0. The number of aliphatic hydroxyl groups excluding tert-OH is 1. The molecule has 0 bridgehead atoms. The van der Waals surface area contributed by atoms with E-state index in [0.717, 1.165) is 25.7 Å². The van der Waals surface area contributed by atoms with Crippen molar-refractivity contribution >= 4 is 5.97 Å². The molecule has 0 aromatic carbocycles. The first-order chi connectivity index (χ1) is 19.7. The highest BCUT2D eigenvalue weighted by Gasteiger charge is 2.13. The molecular formula is C36H68O4. The third kappa shape index (κ3) is 31.4. The first-order valence-corrected chi connectivity index (χ1v) is 17.4. The Morgan fingerprint density at radius 2 is 1.05 bits per heavy atom. The minimum Gasteiger partial charge on any atom is -0.457 e. The first kappa shape index (κ1) is 38.9. The Hall–Kier alpha value is -1.13. The zero-order valence-corrected chi connectivity index (χ0v) is 26.9. The number of unbranched alkanes of at least 4 members (excludes halogenated alkanes) is 20. The van der Waals surface area contributed by atoms with Gasteiger partial charge in [-0.3, -0.25) is 4.79 Å². The van der Waals surface area contributed by atoms with E-state index < -0.39 is 6.10 Å². The van der Waals surface area contributed by atoms with Crippen LogP contribution < -0.4 is 0 Å². The topological polar surface area (TPSA) is 55.8 Å². The number of carbonyl (C=O) groups excluding carboxylic acids is 1. The Bertz CT molecular complexity index is 557. The van der Waals surface area contributed by atoms with Crippen molar-refractivity contribution in [1.29, 1.82) is 0 Å². The Morgan fingerprint density at radius 3 is 1.60 bits per heavy atom. The molecule has 40 heavy (non-hydrogen) atoms. The predicted molar refractivity (Wildman–Crippen MR) is 173 cm³/mol. The van der Waals surface area contributed by atoms with Crippen LogP contribution in [0.3, 0.4) is 0 Å². The number of hydrogen-bond donors (Lipinski definition) is 1. The zero-order valence-electron chi connectivity index (χ0n) is 26.9. The van der Waals surface area contributed by atoms with Crippen LogP contribution in [-0.2, 0) is 14.3 Å². The van der Waals surface area contributed by atoms with E-state index in [2.05, 4.69) is 38.2 Å². The summed E-state index contributed by atoms with van der Waals surface area (Å²) in [6.45, 7) is 5.29. The van der Waals surface area contributed by atoms with Gasteiger partial charge in [0.2, 0.25) is 0 Å². The maximum atomic E-state index is 12.0. The average molecular weight is 565 g/mol. The zero-order chi connectivity index (χ0) is 29.2. The third-order valence-corrected chi connectivity index (χ3v) is 7.53. The van der Waals surface area contributed by atoms with Gasteiger partial charge >= 0.3 is 5.97 Å². The van der Waals surface area contributed by atoms with Gasteiger partial charge in [0, 0.05) is 13.0 Å². The van der Waals surface area contributed by atoms with E-state index in [0.29, 0.717) is 19.6 Å². The van der Waals surface area contributed by atoms with Crippen molar-refractivity contribution in [3.63, 3.8) is 0 Å². The van der Waals surface area contributed by atoms with Gasteiger partial charge in [0.05, 0.1) is 13.2 Å². The molecule has 0 saturated heterocycles. The van der Waals surface area contributed by atoms with Crippen LogP contribution in [0.25, 0.3) is 0 Å². The molecule has 0 aliphatic rings. The third-order valence-electron chi connectivity index (χ3n) is 7.53. The van der Waals surface area contributed by atoms with Gasteiger partial charge in [-0.05, 0) is 44.9 Å². The van der Waals surface area contributed by atoms with Gasteiger partial charge in [-0.1, -0.05) is 147 Å². The minimum absolute atomic E-state index is 0.170. The van der Waals surface area contributed by atoms with E-state index >= 15 is 0 Å². The van der Waals surface area contributed by atoms with E-state index in [1.165, 1.54) is 128 Å². The number of ether oxygens (including phenoxy) is 2. The molecule has 4 nitrogen and oxygen atoms in total. The van der Waals surface area contributed by atoms with Crippen LogP contribution in [0.5, 0.6) is 0 Å². The number of allylic oxidation sites excluding steroid dienone is 4. The summed E-state index contributed by atoms with van der Waals surface area (Å²) in [6.07, 6.45) is 39.3. The number of rotatable bonds is 32.